The number of hydrogen-bond donors (Lipinski definition) is 1. The molecule has 0 atom stereocenters. The van der Waals surface area contributed by atoms with Crippen LogP contribution in [0.4, 0.5) is 5.69 Å². The van der Waals surface area contributed by atoms with Crippen LogP contribution in [0.5, 0.6) is 0 Å². The number of hydrogen-bond acceptors (Lipinski definition) is 3. The summed E-state index contributed by atoms with van der Waals surface area (Å²) in [6.07, 6.45) is 0. The Labute approximate surface area is 166 Å². The van der Waals surface area contributed by atoms with Crippen LogP contribution in [0, 0.1) is 27.7 Å². The molecule has 0 unspecified atom stereocenters. The third-order valence-corrected chi connectivity index (χ3v) is 6.27. The molecule has 4 heteroatoms. The van der Waals surface area contributed by atoms with E-state index in [2.05, 4.69) is 56.9 Å². The SMILES string of the molecule is Cc1cc2oc(=O)cc(C[NH+]3CCN(c4cccc(C)c4C)CC3)c2cc1C. The predicted molar refractivity (Wildman–Crippen MR) is 114 cm³/mol. The van der Waals surface area contributed by atoms with Crippen molar-refractivity contribution in [3.05, 3.63) is 74.6 Å². The van der Waals surface area contributed by atoms with E-state index in [4.69, 9.17) is 4.42 Å². The van der Waals surface area contributed by atoms with Crippen LogP contribution in [-0.4, -0.2) is 26.2 Å². The van der Waals surface area contributed by atoms with Gasteiger partial charge in [0.25, 0.3) is 0 Å². The Kier molecular flexibility index (Phi) is 4.98. The molecule has 0 bridgehead atoms. The van der Waals surface area contributed by atoms with Gasteiger partial charge in [-0.2, -0.15) is 0 Å². The molecule has 2 heterocycles. The number of benzene rings is 2. The normalized spacial score (nSPS) is 15.4. The second kappa shape index (κ2) is 7.44. The minimum atomic E-state index is -0.251. The van der Waals surface area contributed by atoms with Gasteiger partial charge in [-0.15, -0.1) is 0 Å². The molecule has 1 aromatic heterocycles. The molecule has 2 aromatic carbocycles. The lowest BCUT2D eigenvalue weighted by Crippen LogP contribution is -3.13. The van der Waals surface area contributed by atoms with E-state index in [0.29, 0.717) is 5.58 Å². The van der Waals surface area contributed by atoms with E-state index in [9.17, 15) is 4.79 Å². The van der Waals surface area contributed by atoms with Gasteiger partial charge in [0.05, 0.1) is 26.2 Å². The van der Waals surface area contributed by atoms with Crippen molar-refractivity contribution in [3.63, 3.8) is 0 Å². The molecule has 1 aliphatic rings. The second-order valence-electron chi connectivity index (χ2n) is 8.16. The van der Waals surface area contributed by atoms with Crippen molar-refractivity contribution < 1.29 is 9.32 Å². The Balaban J connectivity index is 1.53. The van der Waals surface area contributed by atoms with E-state index in [1.807, 2.05) is 6.07 Å². The van der Waals surface area contributed by atoms with Crippen molar-refractivity contribution in [1.29, 1.82) is 0 Å². The summed E-state index contributed by atoms with van der Waals surface area (Å²) in [5.74, 6) is 0. The van der Waals surface area contributed by atoms with E-state index in [-0.39, 0.29) is 5.63 Å². The fourth-order valence-electron chi connectivity index (χ4n) is 4.22. The van der Waals surface area contributed by atoms with Crippen molar-refractivity contribution in [2.75, 3.05) is 31.1 Å². The zero-order valence-electron chi connectivity index (χ0n) is 17.3. The number of piperazine rings is 1. The van der Waals surface area contributed by atoms with Gasteiger partial charge in [0.2, 0.25) is 0 Å². The Morgan fingerprint density at radius 3 is 2.43 bits per heavy atom. The number of nitrogens with zero attached hydrogens (tertiary/aromatic N) is 1. The van der Waals surface area contributed by atoms with Crippen LogP contribution in [-0.2, 0) is 6.54 Å². The molecule has 3 aromatic rings. The summed E-state index contributed by atoms with van der Waals surface area (Å²) in [5.41, 5.74) is 8.03. The lowest BCUT2D eigenvalue weighted by atomic mass is 10.0. The maximum absolute atomic E-state index is 12.1. The summed E-state index contributed by atoms with van der Waals surface area (Å²) in [4.78, 5) is 16.1. The predicted octanol–water partition coefficient (Wildman–Crippen LogP) is 2.93. The summed E-state index contributed by atoms with van der Waals surface area (Å²) >= 11 is 0. The van der Waals surface area contributed by atoms with E-state index in [1.54, 1.807) is 6.07 Å². The topological polar surface area (TPSA) is 37.9 Å². The monoisotopic (exact) mass is 377 g/mol. The Morgan fingerprint density at radius 2 is 1.68 bits per heavy atom. The van der Waals surface area contributed by atoms with Gasteiger partial charge in [0.1, 0.15) is 12.1 Å². The van der Waals surface area contributed by atoms with Gasteiger partial charge in [-0.05, 0) is 68.1 Å². The third-order valence-electron chi connectivity index (χ3n) is 6.27. The van der Waals surface area contributed by atoms with Crippen molar-refractivity contribution in [2.24, 2.45) is 0 Å². The standard InChI is InChI=1S/C24H28N2O2/c1-16-6-5-7-22(19(16)4)26-10-8-25(9-11-26)15-20-14-24(27)28-23-13-18(3)17(2)12-21(20)23/h5-7,12-14H,8-11,15H2,1-4H3/p+1. The Hall–Kier alpha value is -2.59. The number of rotatable bonds is 3. The van der Waals surface area contributed by atoms with Gasteiger partial charge in [0.15, 0.2) is 0 Å². The van der Waals surface area contributed by atoms with E-state index >= 15 is 0 Å². The highest BCUT2D eigenvalue weighted by atomic mass is 16.4. The molecule has 1 saturated heterocycles. The van der Waals surface area contributed by atoms with Crippen LogP contribution in [0.15, 0.2) is 45.6 Å². The average Bonchev–Trinajstić information content (AvgIpc) is 2.66. The summed E-state index contributed by atoms with van der Waals surface area (Å²) in [7, 11) is 0. The maximum Gasteiger partial charge on any atom is 0.336 e. The smallest absolute Gasteiger partial charge is 0.336 e. The molecule has 0 amide bonds. The molecule has 146 valence electrons. The van der Waals surface area contributed by atoms with Gasteiger partial charge in [-0.1, -0.05) is 12.1 Å². The lowest BCUT2D eigenvalue weighted by Gasteiger charge is -2.34. The molecule has 4 rings (SSSR count). The van der Waals surface area contributed by atoms with E-state index in [0.717, 1.165) is 49.2 Å². The number of nitrogens with one attached hydrogen (secondary N) is 1. The van der Waals surface area contributed by atoms with Gasteiger partial charge < -0.3 is 14.2 Å². The van der Waals surface area contributed by atoms with Gasteiger partial charge in [-0.25, -0.2) is 4.79 Å². The third kappa shape index (κ3) is 3.57. The molecule has 0 radical (unpaired) electrons. The average molecular weight is 378 g/mol. The van der Waals surface area contributed by atoms with Crippen molar-refractivity contribution in [2.45, 2.75) is 34.2 Å². The highest BCUT2D eigenvalue weighted by molar-refractivity contribution is 5.81. The molecule has 1 fully saturated rings. The fraction of sp³-hybridized carbons (Fsp3) is 0.375. The van der Waals surface area contributed by atoms with Crippen LogP contribution in [0.3, 0.4) is 0 Å². The zero-order chi connectivity index (χ0) is 19.8. The highest BCUT2D eigenvalue weighted by Crippen LogP contribution is 2.23. The van der Waals surface area contributed by atoms with Gasteiger partial charge >= 0.3 is 5.63 Å². The van der Waals surface area contributed by atoms with Crippen molar-refractivity contribution in [3.8, 4) is 0 Å². The Bertz CT molecular complexity index is 1080. The minimum absolute atomic E-state index is 0.251. The zero-order valence-corrected chi connectivity index (χ0v) is 17.3. The molecule has 1 N–H and O–H groups in total. The first-order valence-corrected chi connectivity index (χ1v) is 10.1. The van der Waals surface area contributed by atoms with E-state index in [1.165, 1.54) is 27.3 Å². The van der Waals surface area contributed by atoms with Gasteiger partial charge in [0, 0.05) is 22.7 Å². The van der Waals surface area contributed by atoms with Crippen LogP contribution in [0.1, 0.15) is 27.8 Å². The first-order valence-electron chi connectivity index (χ1n) is 10.1. The first-order chi connectivity index (χ1) is 13.4. The molecule has 28 heavy (non-hydrogen) atoms. The maximum atomic E-state index is 12.1. The molecule has 0 saturated carbocycles. The van der Waals surface area contributed by atoms with Gasteiger partial charge in [-0.3, -0.25) is 0 Å². The largest absolute Gasteiger partial charge is 0.423 e. The summed E-state index contributed by atoms with van der Waals surface area (Å²) in [6, 6.07) is 12.4. The molecular weight excluding hydrogens is 348 g/mol. The van der Waals surface area contributed by atoms with Crippen LogP contribution in [0.2, 0.25) is 0 Å². The summed E-state index contributed by atoms with van der Waals surface area (Å²) in [6.45, 7) is 13.6. The summed E-state index contributed by atoms with van der Waals surface area (Å²) in [5, 5.41) is 1.08. The fourth-order valence-corrected chi connectivity index (χ4v) is 4.22. The minimum Gasteiger partial charge on any atom is -0.423 e. The first kappa shape index (κ1) is 18.8. The quantitative estimate of drug-likeness (QED) is 0.713. The second-order valence-corrected chi connectivity index (χ2v) is 8.16. The van der Waals surface area contributed by atoms with Crippen LogP contribution >= 0.6 is 0 Å². The number of quaternary nitrogens is 1. The number of aryl methyl sites for hydroxylation is 3. The summed E-state index contributed by atoms with van der Waals surface area (Å²) < 4.78 is 5.45. The number of fused-ring (bicyclic) bond motifs is 1. The van der Waals surface area contributed by atoms with E-state index < -0.39 is 0 Å². The lowest BCUT2D eigenvalue weighted by molar-refractivity contribution is -0.914. The molecular formula is C24H29N2O2+. The number of anilines is 1. The highest BCUT2D eigenvalue weighted by Gasteiger charge is 2.23. The molecule has 0 aliphatic carbocycles. The molecule has 0 spiro atoms. The van der Waals surface area contributed by atoms with Crippen molar-refractivity contribution in [1.82, 2.24) is 0 Å². The van der Waals surface area contributed by atoms with Crippen LogP contribution < -0.4 is 15.4 Å². The Morgan fingerprint density at radius 1 is 0.964 bits per heavy atom. The van der Waals surface area contributed by atoms with Crippen LogP contribution in [0.25, 0.3) is 11.0 Å². The molecule has 4 nitrogen and oxygen atoms in total. The molecule has 1 aliphatic heterocycles. The van der Waals surface area contributed by atoms with Crippen molar-refractivity contribution >= 4 is 16.7 Å².